The summed E-state index contributed by atoms with van der Waals surface area (Å²) < 4.78 is 5.28. The van der Waals surface area contributed by atoms with Crippen LogP contribution in [0.5, 0.6) is 0 Å². The summed E-state index contributed by atoms with van der Waals surface area (Å²) in [7, 11) is 0. The maximum Gasteiger partial charge on any atom is 0.323 e. The summed E-state index contributed by atoms with van der Waals surface area (Å²) in [6.45, 7) is 3.83. The summed E-state index contributed by atoms with van der Waals surface area (Å²) in [5.74, 6) is -0.0367. The van der Waals surface area contributed by atoms with Gasteiger partial charge in [0, 0.05) is 12.6 Å². The second-order valence-corrected chi connectivity index (χ2v) is 4.30. The Labute approximate surface area is 110 Å². The maximum atomic E-state index is 10.9. The van der Waals surface area contributed by atoms with Crippen LogP contribution in [0, 0.1) is 13.8 Å². The third kappa shape index (κ3) is 3.54. The molecule has 0 aliphatic heterocycles. The summed E-state index contributed by atoms with van der Waals surface area (Å²) in [6.07, 6.45) is 0. The highest BCUT2D eigenvalue weighted by Crippen LogP contribution is 2.17. The first-order valence-corrected chi connectivity index (χ1v) is 5.87. The molecule has 0 spiro atoms. The molecular weight excluding hydrogens is 246 g/mol. The number of aliphatic carboxylic acids is 1. The number of rotatable bonds is 5. The van der Waals surface area contributed by atoms with Crippen LogP contribution in [0.25, 0.3) is 0 Å². The van der Waals surface area contributed by atoms with Gasteiger partial charge in [-0.25, -0.2) is 0 Å². The highest BCUT2D eigenvalue weighted by molar-refractivity contribution is 5.73. The van der Waals surface area contributed by atoms with E-state index in [0.717, 1.165) is 11.3 Å². The predicted molar refractivity (Wildman–Crippen MR) is 68.9 cm³/mol. The van der Waals surface area contributed by atoms with E-state index >= 15 is 0 Å². The van der Waals surface area contributed by atoms with Gasteiger partial charge in [-0.1, -0.05) is 17.7 Å². The Morgan fingerprint density at radius 2 is 1.95 bits per heavy atom. The van der Waals surface area contributed by atoms with Crippen LogP contribution in [0.4, 0.5) is 5.69 Å². The van der Waals surface area contributed by atoms with E-state index in [1.807, 2.05) is 31.2 Å². The largest absolute Gasteiger partial charge is 0.480 e. The molecule has 0 saturated heterocycles. The SMILES string of the molecule is Cc1ccc(N(CC(=O)O)Cc2nnc(C)o2)cc1. The number of aryl methyl sites for hydroxylation is 2. The van der Waals surface area contributed by atoms with Crippen LogP contribution in [0.3, 0.4) is 0 Å². The smallest absolute Gasteiger partial charge is 0.323 e. The van der Waals surface area contributed by atoms with Crippen molar-refractivity contribution in [1.82, 2.24) is 10.2 Å². The van der Waals surface area contributed by atoms with E-state index in [2.05, 4.69) is 10.2 Å². The molecule has 1 N–H and O–H groups in total. The zero-order valence-electron chi connectivity index (χ0n) is 10.8. The first kappa shape index (κ1) is 13.1. The number of hydrogen-bond donors (Lipinski definition) is 1. The van der Waals surface area contributed by atoms with Crippen molar-refractivity contribution in [2.75, 3.05) is 11.4 Å². The summed E-state index contributed by atoms with van der Waals surface area (Å²) in [5, 5.41) is 16.6. The Kier molecular flexibility index (Phi) is 3.79. The standard InChI is InChI=1S/C13H15N3O3/c1-9-3-5-11(6-4-9)16(8-13(17)18)7-12-15-14-10(2)19-12/h3-6H,7-8H2,1-2H3,(H,17,18). The highest BCUT2D eigenvalue weighted by atomic mass is 16.4. The van der Waals surface area contributed by atoms with Gasteiger partial charge in [0.15, 0.2) is 0 Å². The number of aromatic nitrogens is 2. The number of benzene rings is 1. The van der Waals surface area contributed by atoms with Crippen LogP contribution >= 0.6 is 0 Å². The normalized spacial score (nSPS) is 10.4. The van der Waals surface area contributed by atoms with Crippen molar-refractivity contribution >= 4 is 11.7 Å². The van der Waals surface area contributed by atoms with Crippen LogP contribution in [0.15, 0.2) is 28.7 Å². The van der Waals surface area contributed by atoms with E-state index in [9.17, 15) is 4.79 Å². The molecule has 0 fully saturated rings. The summed E-state index contributed by atoms with van der Waals surface area (Å²) in [6, 6.07) is 7.62. The van der Waals surface area contributed by atoms with Gasteiger partial charge in [-0.2, -0.15) is 0 Å². The molecule has 0 radical (unpaired) electrons. The predicted octanol–water partition coefficient (Wildman–Crippen LogP) is 1.78. The fraction of sp³-hybridized carbons (Fsp3) is 0.308. The van der Waals surface area contributed by atoms with E-state index in [-0.39, 0.29) is 13.1 Å². The van der Waals surface area contributed by atoms with Crippen molar-refractivity contribution in [3.63, 3.8) is 0 Å². The van der Waals surface area contributed by atoms with Crippen molar-refractivity contribution in [1.29, 1.82) is 0 Å². The highest BCUT2D eigenvalue weighted by Gasteiger charge is 2.14. The lowest BCUT2D eigenvalue weighted by Crippen LogP contribution is -2.29. The van der Waals surface area contributed by atoms with Gasteiger partial charge in [0.2, 0.25) is 11.8 Å². The summed E-state index contributed by atoms with van der Waals surface area (Å²) in [4.78, 5) is 12.6. The Balaban J connectivity index is 2.20. The van der Waals surface area contributed by atoms with Crippen LogP contribution in [0.2, 0.25) is 0 Å². The molecule has 0 saturated carbocycles. The summed E-state index contributed by atoms with van der Waals surface area (Å²) in [5.41, 5.74) is 1.93. The van der Waals surface area contributed by atoms with Crippen molar-refractivity contribution in [3.05, 3.63) is 41.6 Å². The molecule has 1 aromatic heterocycles. The Morgan fingerprint density at radius 3 is 2.47 bits per heavy atom. The zero-order chi connectivity index (χ0) is 13.8. The molecule has 0 atom stereocenters. The first-order chi connectivity index (χ1) is 9.04. The van der Waals surface area contributed by atoms with Gasteiger partial charge < -0.3 is 14.4 Å². The second kappa shape index (κ2) is 5.51. The molecule has 6 heteroatoms. The van der Waals surface area contributed by atoms with Crippen LogP contribution in [-0.2, 0) is 11.3 Å². The number of carbonyl (C=O) groups is 1. The molecule has 0 amide bonds. The van der Waals surface area contributed by atoms with Gasteiger partial charge >= 0.3 is 5.97 Å². The molecule has 1 aromatic carbocycles. The molecule has 19 heavy (non-hydrogen) atoms. The van der Waals surface area contributed by atoms with Gasteiger partial charge in [0.05, 0.1) is 6.54 Å². The molecule has 0 aliphatic rings. The molecule has 0 aliphatic carbocycles. The monoisotopic (exact) mass is 261 g/mol. The van der Waals surface area contributed by atoms with Crippen LogP contribution in [0.1, 0.15) is 17.3 Å². The zero-order valence-corrected chi connectivity index (χ0v) is 10.8. The quantitative estimate of drug-likeness (QED) is 0.883. The van der Waals surface area contributed by atoms with Crippen LogP contribution in [-0.4, -0.2) is 27.8 Å². The fourth-order valence-corrected chi connectivity index (χ4v) is 1.72. The molecule has 2 rings (SSSR count). The number of carboxylic acids is 1. The van der Waals surface area contributed by atoms with E-state index in [4.69, 9.17) is 9.52 Å². The molecule has 0 bridgehead atoms. The number of nitrogens with zero attached hydrogens (tertiary/aromatic N) is 3. The van der Waals surface area contributed by atoms with Crippen LogP contribution < -0.4 is 4.90 Å². The molecule has 100 valence electrons. The lowest BCUT2D eigenvalue weighted by Gasteiger charge is -2.21. The molecule has 1 heterocycles. The molecule has 0 unspecified atom stereocenters. The van der Waals surface area contributed by atoms with Crippen molar-refractivity contribution < 1.29 is 14.3 Å². The Bertz CT molecular complexity index is 563. The van der Waals surface area contributed by atoms with Gasteiger partial charge in [-0.15, -0.1) is 10.2 Å². The van der Waals surface area contributed by atoms with Gasteiger partial charge in [-0.3, -0.25) is 4.79 Å². The maximum absolute atomic E-state index is 10.9. The van der Waals surface area contributed by atoms with Gasteiger partial charge in [-0.05, 0) is 19.1 Å². The van der Waals surface area contributed by atoms with E-state index in [0.29, 0.717) is 11.8 Å². The minimum atomic E-state index is -0.906. The molecule has 2 aromatic rings. The average Bonchev–Trinajstić information content (AvgIpc) is 2.74. The lowest BCUT2D eigenvalue weighted by atomic mass is 10.2. The van der Waals surface area contributed by atoms with Gasteiger partial charge in [0.1, 0.15) is 6.54 Å². The van der Waals surface area contributed by atoms with Crippen molar-refractivity contribution in [3.8, 4) is 0 Å². The summed E-state index contributed by atoms with van der Waals surface area (Å²) >= 11 is 0. The topological polar surface area (TPSA) is 79.5 Å². The minimum Gasteiger partial charge on any atom is -0.480 e. The average molecular weight is 261 g/mol. The van der Waals surface area contributed by atoms with E-state index in [1.165, 1.54) is 0 Å². The number of anilines is 1. The fourth-order valence-electron chi connectivity index (χ4n) is 1.72. The number of hydrogen-bond acceptors (Lipinski definition) is 5. The van der Waals surface area contributed by atoms with Crippen molar-refractivity contribution in [2.24, 2.45) is 0 Å². The molecular formula is C13H15N3O3. The molecule has 6 nitrogen and oxygen atoms in total. The second-order valence-electron chi connectivity index (χ2n) is 4.30. The van der Waals surface area contributed by atoms with Gasteiger partial charge in [0.25, 0.3) is 0 Å². The number of carboxylic acid groups (broad SMARTS) is 1. The van der Waals surface area contributed by atoms with E-state index < -0.39 is 5.97 Å². The first-order valence-electron chi connectivity index (χ1n) is 5.87. The third-order valence-corrected chi connectivity index (χ3v) is 2.62. The van der Waals surface area contributed by atoms with Crippen molar-refractivity contribution in [2.45, 2.75) is 20.4 Å². The Morgan fingerprint density at radius 1 is 1.26 bits per heavy atom. The lowest BCUT2D eigenvalue weighted by molar-refractivity contribution is -0.135. The van der Waals surface area contributed by atoms with E-state index in [1.54, 1.807) is 11.8 Å². The third-order valence-electron chi connectivity index (χ3n) is 2.62. The minimum absolute atomic E-state index is 0.121. The Hall–Kier alpha value is -2.37.